The lowest BCUT2D eigenvalue weighted by atomic mass is 9.80. The molecule has 1 aliphatic carbocycles. The van der Waals surface area contributed by atoms with Crippen molar-refractivity contribution in [1.82, 2.24) is 20.1 Å². The van der Waals surface area contributed by atoms with Gasteiger partial charge in [-0.3, -0.25) is 9.48 Å². The number of carbonyl (C=O) groups is 1. The summed E-state index contributed by atoms with van der Waals surface area (Å²) >= 11 is 11.8. The van der Waals surface area contributed by atoms with Gasteiger partial charge in [-0.2, -0.15) is 5.10 Å². The van der Waals surface area contributed by atoms with E-state index >= 15 is 0 Å². The molecule has 1 saturated carbocycles. The predicted octanol–water partition coefficient (Wildman–Crippen LogP) is 3.32. The Hall–Kier alpha value is -1.59. The summed E-state index contributed by atoms with van der Waals surface area (Å²) in [6, 6.07) is 1.47. The number of aromatic nitrogens is 3. The van der Waals surface area contributed by atoms with E-state index in [1.807, 2.05) is 17.9 Å². The summed E-state index contributed by atoms with van der Waals surface area (Å²) in [6.45, 7) is 0.414. The Kier molecular flexibility index (Phi) is 4.36. The molecule has 0 aromatic carbocycles. The number of nitrogens with one attached hydrogen (secondary N) is 1. The number of rotatable bonds is 4. The van der Waals surface area contributed by atoms with Crippen LogP contribution in [0.4, 0.5) is 0 Å². The molecule has 1 N–H and O–H groups in total. The SMILES string of the molecule is Cn1ncc(C2CCC2)c1CNC(=O)c1cc(Cl)ncc1Cl. The number of hydrogen-bond donors (Lipinski definition) is 1. The van der Waals surface area contributed by atoms with Crippen molar-refractivity contribution < 1.29 is 4.79 Å². The van der Waals surface area contributed by atoms with Crippen molar-refractivity contribution >= 4 is 29.1 Å². The molecule has 0 radical (unpaired) electrons. The molecule has 0 unspecified atom stereocenters. The van der Waals surface area contributed by atoms with Gasteiger partial charge in [-0.1, -0.05) is 29.6 Å². The average molecular weight is 339 g/mol. The number of halogens is 2. The van der Waals surface area contributed by atoms with Crippen molar-refractivity contribution in [3.8, 4) is 0 Å². The topological polar surface area (TPSA) is 59.8 Å². The zero-order valence-corrected chi connectivity index (χ0v) is 13.7. The summed E-state index contributed by atoms with van der Waals surface area (Å²) in [6.07, 6.45) is 6.93. The molecule has 116 valence electrons. The summed E-state index contributed by atoms with van der Waals surface area (Å²) in [5.74, 6) is 0.301. The number of amides is 1. The summed E-state index contributed by atoms with van der Waals surface area (Å²) in [5.41, 5.74) is 2.59. The van der Waals surface area contributed by atoms with E-state index < -0.39 is 0 Å². The lowest BCUT2D eigenvalue weighted by molar-refractivity contribution is 0.0950. The molecular weight excluding hydrogens is 323 g/mol. The van der Waals surface area contributed by atoms with Crippen LogP contribution in [0.15, 0.2) is 18.5 Å². The predicted molar refractivity (Wildman–Crippen MR) is 85.2 cm³/mol. The Bertz CT molecular complexity index is 710. The molecule has 2 aromatic rings. The molecule has 3 rings (SSSR count). The fraction of sp³-hybridized carbons (Fsp3) is 0.400. The van der Waals surface area contributed by atoms with Crippen LogP contribution in [0.3, 0.4) is 0 Å². The molecule has 7 heteroatoms. The van der Waals surface area contributed by atoms with Crippen LogP contribution in [0.2, 0.25) is 10.2 Å². The highest BCUT2D eigenvalue weighted by molar-refractivity contribution is 6.35. The van der Waals surface area contributed by atoms with E-state index in [0.29, 0.717) is 18.0 Å². The van der Waals surface area contributed by atoms with Gasteiger partial charge < -0.3 is 5.32 Å². The quantitative estimate of drug-likeness (QED) is 0.870. The minimum absolute atomic E-state index is 0.241. The summed E-state index contributed by atoms with van der Waals surface area (Å²) in [4.78, 5) is 16.1. The van der Waals surface area contributed by atoms with Crippen LogP contribution in [0.25, 0.3) is 0 Å². The van der Waals surface area contributed by atoms with Crippen molar-refractivity contribution in [2.45, 2.75) is 31.7 Å². The largest absolute Gasteiger partial charge is 0.346 e. The Morgan fingerprint density at radius 3 is 2.86 bits per heavy atom. The molecular formula is C15H16Cl2N4O. The normalized spacial score (nSPS) is 14.7. The van der Waals surface area contributed by atoms with Gasteiger partial charge in [-0.15, -0.1) is 0 Å². The number of nitrogens with zero attached hydrogens (tertiary/aromatic N) is 3. The summed E-state index contributed by atoms with van der Waals surface area (Å²) < 4.78 is 1.81. The molecule has 0 aliphatic heterocycles. The Labute approximate surface area is 138 Å². The Morgan fingerprint density at radius 2 is 2.18 bits per heavy atom. The second kappa shape index (κ2) is 6.26. The Balaban J connectivity index is 1.73. The van der Waals surface area contributed by atoms with Gasteiger partial charge in [0.05, 0.1) is 29.0 Å². The van der Waals surface area contributed by atoms with E-state index in [1.54, 1.807) is 0 Å². The first kappa shape index (κ1) is 15.3. The van der Waals surface area contributed by atoms with Crippen molar-refractivity contribution in [1.29, 1.82) is 0 Å². The van der Waals surface area contributed by atoms with E-state index in [9.17, 15) is 4.79 Å². The van der Waals surface area contributed by atoms with Crippen molar-refractivity contribution in [3.05, 3.63) is 45.5 Å². The maximum atomic E-state index is 12.3. The van der Waals surface area contributed by atoms with Crippen molar-refractivity contribution in [2.24, 2.45) is 7.05 Å². The molecule has 22 heavy (non-hydrogen) atoms. The van der Waals surface area contributed by atoms with Gasteiger partial charge in [-0.25, -0.2) is 4.98 Å². The van der Waals surface area contributed by atoms with Gasteiger partial charge in [0.25, 0.3) is 5.91 Å². The van der Waals surface area contributed by atoms with Crippen molar-refractivity contribution in [3.63, 3.8) is 0 Å². The third-order valence-electron chi connectivity index (χ3n) is 4.12. The maximum absolute atomic E-state index is 12.3. The molecule has 2 aromatic heterocycles. The van der Waals surface area contributed by atoms with Crippen LogP contribution in [0, 0.1) is 0 Å². The zero-order valence-electron chi connectivity index (χ0n) is 12.1. The minimum atomic E-state index is -0.268. The van der Waals surface area contributed by atoms with Crippen LogP contribution in [-0.4, -0.2) is 20.7 Å². The highest BCUT2D eigenvalue weighted by Crippen LogP contribution is 2.37. The molecule has 2 heterocycles. The van der Waals surface area contributed by atoms with Crippen molar-refractivity contribution in [2.75, 3.05) is 0 Å². The fourth-order valence-corrected chi connectivity index (χ4v) is 2.95. The second-order valence-electron chi connectivity index (χ2n) is 5.47. The van der Waals surface area contributed by atoms with E-state index in [1.165, 1.54) is 37.1 Å². The van der Waals surface area contributed by atoms with Gasteiger partial charge in [0.1, 0.15) is 5.15 Å². The van der Waals surface area contributed by atoms with Crippen LogP contribution in [0.1, 0.15) is 46.8 Å². The highest BCUT2D eigenvalue weighted by Gasteiger charge is 2.24. The monoisotopic (exact) mass is 338 g/mol. The lowest BCUT2D eigenvalue weighted by Crippen LogP contribution is -2.25. The van der Waals surface area contributed by atoms with Crippen LogP contribution >= 0.6 is 23.2 Å². The van der Waals surface area contributed by atoms with E-state index in [-0.39, 0.29) is 16.1 Å². The number of carbonyl (C=O) groups excluding carboxylic acids is 1. The zero-order chi connectivity index (χ0) is 15.7. The van der Waals surface area contributed by atoms with Gasteiger partial charge in [0.2, 0.25) is 0 Å². The van der Waals surface area contributed by atoms with E-state index in [0.717, 1.165) is 5.69 Å². The number of hydrogen-bond acceptors (Lipinski definition) is 3. The third-order valence-corrected chi connectivity index (χ3v) is 4.63. The molecule has 0 spiro atoms. The van der Waals surface area contributed by atoms with Gasteiger partial charge in [0.15, 0.2) is 0 Å². The fourth-order valence-electron chi connectivity index (χ4n) is 2.60. The first-order chi connectivity index (χ1) is 10.6. The molecule has 5 nitrogen and oxygen atoms in total. The molecule has 0 saturated heterocycles. The smallest absolute Gasteiger partial charge is 0.253 e. The molecule has 1 amide bonds. The van der Waals surface area contributed by atoms with Gasteiger partial charge in [0, 0.05) is 13.2 Å². The number of pyridine rings is 1. The molecule has 0 atom stereocenters. The second-order valence-corrected chi connectivity index (χ2v) is 6.26. The standard InChI is InChI=1S/C15H16Cl2N4O/c1-21-13(11(6-20-21)9-3-2-4-9)8-19-15(22)10-5-14(17)18-7-12(10)16/h5-7,9H,2-4,8H2,1H3,(H,19,22). The van der Waals surface area contributed by atoms with E-state index in [4.69, 9.17) is 23.2 Å². The maximum Gasteiger partial charge on any atom is 0.253 e. The van der Waals surface area contributed by atoms with Gasteiger partial charge >= 0.3 is 0 Å². The summed E-state index contributed by atoms with van der Waals surface area (Å²) in [5, 5.41) is 7.72. The summed E-state index contributed by atoms with van der Waals surface area (Å²) in [7, 11) is 1.89. The highest BCUT2D eigenvalue weighted by atomic mass is 35.5. The first-order valence-electron chi connectivity index (χ1n) is 7.16. The Morgan fingerprint density at radius 1 is 1.41 bits per heavy atom. The van der Waals surface area contributed by atoms with Crippen LogP contribution in [-0.2, 0) is 13.6 Å². The molecule has 1 aliphatic rings. The minimum Gasteiger partial charge on any atom is -0.346 e. The van der Waals surface area contributed by atoms with Crippen LogP contribution < -0.4 is 5.32 Å². The van der Waals surface area contributed by atoms with Crippen LogP contribution in [0.5, 0.6) is 0 Å². The third kappa shape index (κ3) is 2.96. The first-order valence-corrected chi connectivity index (χ1v) is 7.92. The lowest BCUT2D eigenvalue weighted by Gasteiger charge is -2.25. The number of aryl methyl sites for hydroxylation is 1. The molecule has 1 fully saturated rings. The van der Waals surface area contributed by atoms with Gasteiger partial charge in [-0.05, 0) is 30.4 Å². The molecule has 0 bridgehead atoms. The average Bonchev–Trinajstić information content (AvgIpc) is 2.78. The van der Waals surface area contributed by atoms with E-state index in [2.05, 4.69) is 15.4 Å².